The monoisotopic (exact) mass is 436 g/mol. The van der Waals surface area contributed by atoms with Crippen molar-refractivity contribution in [1.29, 1.82) is 0 Å². The molecule has 0 bridgehead atoms. The van der Waals surface area contributed by atoms with Crippen LogP contribution in [0.5, 0.6) is 11.5 Å². The fourth-order valence-electron chi connectivity index (χ4n) is 4.12. The molecule has 1 atom stereocenters. The Kier molecular flexibility index (Phi) is 6.77. The van der Waals surface area contributed by atoms with E-state index >= 15 is 0 Å². The van der Waals surface area contributed by atoms with Crippen molar-refractivity contribution in [2.24, 2.45) is 0 Å². The molecule has 0 aliphatic carbocycles. The highest BCUT2D eigenvalue weighted by molar-refractivity contribution is 5.52. The van der Waals surface area contributed by atoms with Crippen molar-refractivity contribution in [3.05, 3.63) is 59.0 Å². The van der Waals surface area contributed by atoms with E-state index in [-0.39, 0.29) is 6.04 Å². The van der Waals surface area contributed by atoms with Gasteiger partial charge >= 0.3 is 0 Å². The van der Waals surface area contributed by atoms with Crippen LogP contribution >= 0.6 is 0 Å². The van der Waals surface area contributed by atoms with Crippen molar-refractivity contribution in [1.82, 2.24) is 20.0 Å². The molecule has 1 aromatic heterocycles. The number of piperazine rings is 1. The van der Waals surface area contributed by atoms with E-state index in [0.29, 0.717) is 11.8 Å². The van der Waals surface area contributed by atoms with E-state index in [1.807, 2.05) is 18.2 Å². The smallest absolute Gasteiger partial charge is 0.247 e. The average Bonchev–Trinajstić information content (AvgIpc) is 3.31. The summed E-state index contributed by atoms with van der Waals surface area (Å²) in [5.41, 5.74) is 4.65. The minimum Gasteiger partial charge on any atom is -0.493 e. The lowest BCUT2D eigenvalue weighted by Crippen LogP contribution is -2.46. The van der Waals surface area contributed by atoms with E-state index in [0.717, 1.165) is 49.8 Å². The lowest BCUT2D eigenvalue weighted by atomic mass is 10.1. The van der Waals surface area contributed by atoms with Crippen LogP contribution in [0.1, 0.15) is 35.5 Å². The molecule has 32 heavy (non-hydrogen) atoms. The van der Waals surface area contributed by atoms with Gasteiger partial charge in [0.25, 0.3) is 0 Å². The zero-order chi connectivity index (χ0) is 22.7. The van der Waals surface area contributed by atoms with Crippen LogP contribution in [-0.4, -0.2) is 60.4 Å². The van der Waals surface area contributed by atoms with Crippen LogP contribution in [0.25, 0.3) is 11.5 Å². The van der Waals surface area contributed by atoms with Gasteiger partial charge in [-0.2, -0.15) is 0 Å². The second kappa shape index (κ2) is 9.71. The normalized spacial score (nSPS) is 16.2. The second-order valence-corrected chi connectivity index (χ2v) is 8.43. The number of aromatic nitrogens is 2. The van der Waals surface area contributed by atoms with E-state index in [1.54, 1.807) is 14.2 Å². The molecule has 0 saturated carbocycles. The molecule has 7 heteroatoms. The Morgan fingerprint density at radius 1 is 0.938 bits per heavy atom. The molecule has 3 aromatic rings. The molecule has 1 aliphatic rings. The van der Waals surface area contributed by atoms with Gasteiger partial charge in [-0.25, -0.2) is 0 Å². The summed E-state index contributed by atoms with van der Waals surface area (Å²) in [7, 11) is 3.35. The average molecular weight is 437 g/mol. The van der Waals surface area contributed by atoms with Gasteiger partial charge in [-0.05, 0) is 56.2 Å². The molecule has 7 nitrogen and oxygen atoms in total. The summed E-state index contributed by atoms with van der Waals surface area (Å²) in [5.74, 6) is 2.80. The third kappa shape index (κ3) is 4.79. The number of methoxy groups -OCH3 is 2. The van der Waals surface area contributed by atoms with Gasteiger partial charge in [-0.3, -0.25) is 9.80 Å². The van der Waals surface area contributed by atoms with Gasteiger partial charge in [-0.1, -0.05) is 17.7 Å². The summed E-state index contributed by atoms with van der Waals surface area (Å²) in [6.45, 7) is 11.1. The Hall–Kier alpha value is -2.90. The van der Waals surface area contributed by atoms with Crippen LogP contribution in [0.15, 0.2) is 40.8 Å². The Labute approximate surface area is 190 Å². The van der Waals surface area contributed by atoms with Crippen molar-refractivity contribution < 1.29 is 13.9 Å². The summed E-state index contributed by atoms with van der Waals surface area (Å²) in [4.78, 5) is 4.88. The first-order valence-corrected chi connectivity index (χ1v) is 11.1. The van der Waals surface area contributed by atoms with Gasteiger partial charge in [0.2, 0.25) is 11.8 Å². The standard InChI is InChI=1S/C25H32N4O3/c1-17-6-8-20(9-7-17)25-27-26-24(32-25)19(3)29-12-10-28(11-13-29)16-21-15-23(31-5)22(30-4)14-18(21)2/h6-9,14-15,19H,10-13,16H2,1-5H3/t19-/m0/s1. The molecule has 0 unspecified atom stereocenters. The predicted octanol–water partition coefficient (Wildman–Crippen LogP) is 4.25. The summed E-state index contributed by atoms with van der Waals surface area (Å²) in [6.07, 6.45) is 0. The quantitative estimate of drug-likeness (QED) is 0.549. The maximum absolute atomic E-state index is 6.01. The molecule has 1 saturated heterocycles. The molecule has 0 amide bonds. The Balaban J connectivity index is 1.36. The number of benzene rings is 2. The second-order valence-electron chi connectivity index (χ2n) is 8.43. The summed E-state index contributed by atoms with van der Waals surface area (Å²) >= 11 is 0. The summed E-state index contributed by atoms with van der Waals surface area (Å²) < 4.78 is 16.9. The Morgan fingerprint density at radius 3 is 2.25 bits per heavy atom. The molecule has 1 fully saturated rings. The minimum absolute atomic E-state index is 0.0895. The molecule has 0 N–H and O–H groups in total. The number of aryl methyl sites for hydroxylation is 2. The van der Waals surface area contributed by atoms with Crippen LogP contribution in [0.2, 0.25) is 0 Å². The van der Waals surface area contributed by atoms with Crippen LogP contribution < -0.4 is 9.47 Å². The molecule has 2 heterocycles. The van der Waals surface area contributed by atoms with Crippen molar-refractivity contribution in [2.75, 3.05) is 40.4 Å². The van der Waals surface area contributed by atoms with Crippen molar-refractivity contribution in [3.8, 4) is 23.0 Å². The van der Waals surface area contributed by atoms with E-state index in [2.05, 4.69) is 59.0 Å². The van der Waals surface area contributed by atoms with E-state index in [4.69, 9.17) is 13.9 Å². The number of ether oxygens (including phenoxy) is 2. The SMILES string of the molecule is COc1cc(C)c(CN2CCN([C@@H](C)c3nnc(-c4ccc(C)cc4)o3)CC2)cc1OC. The highest BCUT2D eigenvalue weighted by Gasteiger charge is 2.26. The van der Waals surface area contributed by atoms with E-state index in [9.17, 15) is 0 Å². The highest BCUT2D eigenvalue weighted by Crippen LogP contribution is 2.31. The van der Waals surface area contributed by atoms with Gasteiger partial charge in [0, 0.05) is 38.3 Å². The van der Waals surface area contributed by atoms with Crippen molar-refractivity contribution >= 4 is 0 Å². The van der Waals surface area contributed by atoms with Gasteiger partial charge in [0.1, 0.15) is 0 Å². The Bertz CT molecular complexity index is 1040. The lowest BCUT2D eigenvalue weighted by molar-refractivity contribution is 0.0874. The van der Waals surface area contributed by atoms with Crippen molar-refractivity contribution in [3.63, 3.8) is 0 Å². The molecule has 0 spiro atoms. The van der Waals surface area contributed by atoms with Gasteiger partial charge in [-0.15, -0.1) is 10.2 Å². The van der Waals surface area contributed by atoms with E-state index < -0.39 is 0 Å². The van der Waals surface area contributed by atoms with E-state index in [1.165, 1.54) is 16.7 Å². The third-order valence-electron chi connectivity index (χ3n) is 6.29. The zero-order valence-electron chi connectivity index (χ0n) is 19.6. The first kappa shape index (κ1) is 22.3. The summed E-state index contributed by atoms with van der Waals surface area (Å²) in [5, 5.41) is 8.59. The van der Waals surface area contributed by atoms with Crippen LogP contribution in [-0.2, 0) is 6.54 Å². The number of hydrogen-bond acceptors (Lipinski definition) is 7. The number of hydrogen-bond donors (Lipinski definition) is 0. The summed E-state index contributed by atoms with van der Waals surface area (Å²) in [6, 6.07) is 12.4. The zero-order valence-corrected chi connectivity index (χ0v) is 19.6. The van der Waals surface area contributed by atoms with Crippen LogP contribution in [0.3, 0.4) is 0 Å². The fraction of sp³-hybridized carbons (Fsp3) is 0.440. The largest absolute Gasteiger partial charge is 0.493 e. The predicted molar refractivity (Wildman–Crippen MR) is 124 cm³/mol. The van der Waals surface area contributed by atoms with Crippen LogP contribution in [0, 0.1) is 13.8 Å². The molecule has 2 aromatic carbocycles. The van der Waals surface area contributed by atoms with Crippen molar-refractivity contribution in [2.45, 2.75) is 33.4 Å². The maximum atomic E-state index is 6.01. The number of rotatable bonds is 7. The third-order valence-corrected chi connectivity index (χ3v) is 6.29. The number of nitrogens with zero attached hydrogens (tertiary/aromatic N) is 4. The van der Waals surface area contributed by atoms with Gasteiger partial charge in [0.15, 0.2) is 11.5 Å². The molecular weight excluding hydrogens is 404 g/mol. The molecule has 1 aliphatic heterocycles. The molecule has 0 radical (unpaired) electrons. The topological polar surface area (TPSA) is 63.9 Å². The molecular formula is C25H32N4O3. The fourth-order valence-corrected chi connectivity index (χ4v) is 4.12. The molecule has 170 valence electrons. The maximum Gasteiger partial charge on any atom is 0.247 e. The lowest BCUT2D eigenvalue weighted by Gasteiger charge is -2.37. The van der Waals surface area contributed by atoms with Crippen LogP contribution in [0.4, 0.5) is 0 Å². The first-order valence-electron chi connectivity index (χ1n) is 11.1. The van der Waals surface area contributed by atoms with Gasteiger partial charge in [0.05, 0.1) is 20.3 Å². The first-order chi connectivity index (χ1) is 15.5. The highest BCUT2D eigenvalue weighted by atomic mass is 16.5. The van der Waals surface area contributed by atoms with Gasteiger partial charge < -0.3 is 13.9 Å². The minimum atomic E-state index is 0.0895. The molecule has 4 rings (SSSR count). The Morgan fingerprint density at radius 2 is 1.59 bits per heavy atom.